The van der Waals surface area contributed by atoms with E-state index < -0.39 is 0 Å². The van der Waals surface area contributed by atoms with E-state index in [4.69, 9.17) is 5.73 Å². The predicted octanol–water partition coefficient (Wildman–Crippen LogP) is 3.98. The Morgan fingerprint density at radius 1 is 0.938 bits per heavy atom. The summed E-state index contributed by atoms with van der Waals surface area (Å²) in [5, 5.41) is 0. The van der Waals surface area contributed by atoms with Crippen LogP contribution in [-0.2, 0) is 0 Å². The fraction of sp³-hybridized carbons (Fsp3) is 0. The second kappa shape index (κ2) is 5.77. The van der Waals surface area contributed by atoms with E-state index in [1.54, 1.807) is 12.1 Å². The highest BCUT2D eigenvalue weighted by Gasteiger charge is 2.00. The van der Waals surface area contributed by atoms with Crippen molar-refractivity contribution in [3.8, 4) is 0 Å². The maximum atomic E-state index is 12.7. The minimum absolute atomic E-state index is 0. The van der Waals surface area contributed by atoms with Crippen LogP contribution in [0.1, 0.15) is 0 Å². The summed E-state index contributed by atoms with van der Waals surface area (Å²) >= 11 is 1.53. The Morgan fingerprint density at radius 2 is 1.56 bits per heavy atom. The summed E-state index contributed by atoms with van der Waals surface area (Å²) in [6.45, 7) is 0. The van der Waals surface area contributed by atoms with Crippen LogP contribution in [0.3, 0.4) is 0 Å². The van der Waals surface area contributed by atoms with Crippen LogP contribution in [0.4, 0.5) is 10.1 Å². The third kappa shape index (κ3) is 3.15. The van der Waals surface area contributed by atoms with Crippen LogP contribution in [0.25, 0.3) is 0 Å². The Hall–Kier alpha value is -1.19. The van der Waals surface area contributed by atoms with Gasteiger partial charge in [-0.15, -0.1) is 12.4 Å². The predicted molar refractivity (Wildman–Crippen MR) is 68.6 cm³/mol. The number of benzene rings is 2. The Balaban J connectivity index is 0.00000128. The fourth-order valence-corrected chi connectivity index (χ4v) is 2.06. The van der Waals surface area contributed by atoms with E-state index in [9.17, 15) is 4.39 Å². The molecule has 0 heterocycles. The SMILES string of the molecule is Cl.Nc1ccccc1Sc1ccc(F)cc1. The molecule has 2 N–H and O–H groups in total. The Labute approximate surface area is 104 Å². The van der Waals surface area contributed by atoms with Crippen LogP contribution in [-0.4, -0.2) is 0 Å². The van der Waals surface area contributed by atoms with Crippen molar-refractivity contribution >= 4 is 29.9 Å². The van der Waals surface area contributed by atoms with Crippen molar-refractivity contribution in [2.75, 3.05) is 5.73 Å². The summed E-state index contributed by atoms with van der Waals surface area (Å²) in [7, 11) is 0. The van der Waals surface area contributed by atoms with Gasteiger partial charge in [0, 0.05) is 15.5 Å². The fourth-order valence-electron chi connectivity index (χ4n) is 1.20. The summed E-state index contributed by atoms with van der Waals surface area (Å²) < 4.78 is 12.7. The van der Waals surface area contributed by atoms with Crippen molar-refractivity contribution < 1.29 is 4.39 Å². The molecule has 0 saturated carbocycles. The lowest BCUT2D eigenvalue weighted by atomic mass is 10.3. The number of halogens is 2. The molecular formula is C12H11ClFNS. The van der Waals surface area contributed by atoms with Crippen LogP contribution in [0.15, 0.2) is 58.3 Å². The van der Waals surface area contributed by atoms with Crippen LogP contribution in [0.2, 0.25) is 0 Å². The van der Waals surface area contributed by atoms with Crippen molar-refractivity contribution in [2.45, 2.75) is 9.79 Å². The standard InChI is InChI=1S/C12H10FNS.ClH/c13-9-5-7-10(8-6-9)15-12-4-2-1-3-11(12)14;/h1-8H,14H2;1H. The van der Waals surface area contributed by atoms with Crippen LogP contribution < -0.4 is 5.73 Å². The normalized spacial score (nSPS) is 9.56. The molecule has 0 unspecified atom stereocenters. The zero-order chi connectivity index (χ0) is 10.7. The maximum absolute atomic E-state index is 12.7. The molecule has 2 aromatic rings. The molecule has 2 rings (SSSR count). The topological polar surface area (TPSA) is 26.0 Å². The quantitative estimate of drug-likeness (QED) is 0.822. The first-order chi connectivity index (χ1) is 7.25. The number of hydrogen-bond donors (Lipinski definition) is 1. The van der Waals surface area contributed by atoms with Gasteiger partial charge in [0.2, 0.25) is 0 Å². The number of hydrogen-bond acceptors (Lipinski definition) is 2. The van der Waals surface area contributed by atoms with Gasteiger partial charge in [0.1, 0.15) is 5.82 Å². The van der Waals surface area contributed by atoms with E-state index in [2.05, 4.69) is 0 Å². The molecule has 0 atom stereocenters. The van der Waals surface area contributed by atoms with Crippen molar-refractivity contribution in [1.82, 2.24) is 0 Å². The van der Waals surface area contributed by atoms with Crippen molar-refractivity contribution in [2.24, 2.45) is 0 Å². The highest BCUT2D eigenvalue weighted by Crippen LogP contribution is 2.31. The number of anilines is 1. The summed E-state index contributed by atoms with van der Waals surface area (Å²) in [4.78, 5) is 1.97. The highest BCUT2D eigenvalue weighted by molar-refractivity contribution is 7.99. The molecular weight excluding hydrogens is 245 g/mol. The van der Waals surface area contributed by atoms with Crippen molar-refractivity contribution in [3.05, 3.63) is 54.3 Å². The third-order valence-corrected chi connectivity index (χ3v) is 3.06. The number of nitrogens with two attached hydrogens (primary N) is 1. The summed E-state index contributed by atoms with van der Waals surface area (Å²) in [5.74, 6) is -0.222. The molecule has 0 saturated heterocycles. The lowest BCUT2D eigenvalue weighted by Gasteiger charge is -2.04. The summed E-state index contributed by atoms with van der Waals surface area (Å²) in [6, 6.07) is 14.0. The third-order valence-electron chi connectivity index (χ3n) is 1.96. The molecule has 0 aliphatic carbocycles. The van der Waals surface area contributed by atoms with E-state index >= 15 is 0 Å². The first-order valence-corrected chi connectivity index (χ1v) is 5.35. The van der Waals surface area contributed by atoms with Gasteiger partial charge in [-0.25, -0.2) is 4.39 Å². The van der Waals surface area contributed by atoms with Gasteiger partial charge in [0.05, 0.1) is 0 Å². The molecule has 0 aromatic heterocycles. The smallest absolute Gasteiger partial charge is 0.123 e. The molecule has 0 aliphatic rings. The maximum Gasteiger partial charge on any atom is 0.123 e. The van der Waals surface area contributed by atoms with E-state index in [1.807, 2.05) is 24.3 Å². The van der Waals surface area contributed by atoms with Gasteiger partial charge < -0.3 is 5.73 Å². The van der Waals surface area contributed by atoms with Gasteiger partial charge >= 0.3 is 0 Å². The van der Waals surface area contributed by atoms with Gasteiger partial charge in [-0.3, -0.25) is 0 Å². The van der Waals surface area contributed by atoms with Gasteiger partial charge in [0.25, 0.3) is 0 Å². The lowest BCUT2D eigenvalue weighted by molar-refractivity contribution is 0.626. The van der Waals surface area contributed by atoms with E-state index in [0.29, 0.717) is 0 Å². The number of rotatable bonds is 2. The first kappa shape index (κ1) is 12.9. The van der Waals surface area contributed by atoms with E-state index in [1.165, 1.54) is 23.9 Å². The zero-order valence-corrected chi connectivity index (χ0v) is 10.0. The Morgan fingerprint density at radius 3 is 2.19 bits per heavy atom. The Kier molecular flexibility index (Phi) is 4.65. The Bertz CT molecular complexity index is 459. The lowest BCUT2D eigenvalue weighted by Crippen LogP contribution is -1.86. The average Bonchev–Trinajstić information content (AvgIpc) is 2.25. The molecule has 0 bridgehead atoms. The molecule has 0 radical (unpaired) electrons. The molecule has 0 fully saturated rings. The molecule has 0 spiro atoms. The molecule has 84 valence electrons. The second-order valence-corrected chi connectivity index (χ2v) is 4.21. The largest absolute Gasteiger partial charge is 0.398 e. The molecule has 4 heteroatoms. The average molecular weight is 256 g/mol. The van der Waals surface area contributed by atoms with E-state index in [0.717, 1.165) is 15.5 Å². The van der Waals surface area contributed by atoms with Gasteiger partial charge in [-0.1, -0.05) is 23.9 Å². The van der Waals surface area contributed by atoms with E-state index in [-0.39, 0.29) is 18.2 Å². The molecule has 0 aliphatic heterocycles. The van der Waals surface area contributed by atoms with Gasteiger partial charge in [-0.2, -0.15) is 0 Å². The van der Waals surface area contributed by atoms with Crippen LogP contribution in [0.5, 0.6) is 0 Å². The minimum Gasteiger partial charge on any atom is -0.398 e. The van der Waals surface area contributed by atoms with Gasteiger partial charge in [0.15, 0.2) is 0 Å². The zero-order valence-electron chi connectivity index (χ0n) is 8.39. The van der Waals surface area contributed by atoms with Crippen LogP contribution in [0, 0.1) is 5.82 Å². The molecule has 2 aromatic carbocycles. The molecule has 1 nitrogen and oxygen atoms in total. The summed E-state index contributed by atoms with van der Waals surface area (Å²) in [5.41, 5.74) is 6.55. The number of nitrogen functional groups attached to an aromatic ring is 1. The second-order valence-electron chi connectivity index (χ2n) is 3.09. The van der Waals surface area contributed by atoms with Crippen molar-refractivity contribution in [3.63, 3.8) is 0 Å². The first-order valence-electron chi connectivity index (χ1n) is 4.53. The highest BCUT2D eigenvalue weighted by atomic mass is 35.5. The number of para-hydroxylation sites is 1. The summed E-state index contributed by atoms with van der Waals surface area (Å²) in [6.07, 6.45) is 0. The van der Waals surface area contributed by atoms with Gasteiger partial charge in [-0.05, 0) is 36.4 Å². The van der Waals surface area contributed by atoms with Crippen LogP contribution >= 0.6 is 24.2 Å². The van der Waals surface area contributed by atoms with Crippen molar-refractivity contribution in [1.29, 1.82) is 0 Å². The monoisotopic (exact) mass is 255 g/mol. The molecule has 0 amide bonds. The molecule has 16 heavy (non-hydrogen) atoms. The minimum atomic E-state index is -0.222.